The monoisotopic (exact) mass is 259 g/mol. The van der Waals surface area contributed by atoms with Crippen molar-refractivity contribution in [3.8, 4) is 0 Å². The van der Waals surface area contributed by atoms with Crippen LogP contribution in [-0.4, -0.2) is 12.6 Å². The summed E-state index contributed by atoms with van der Waals surface area (Å²) >= 11 is 0. The Balaban J connectivity index is 4.23. The van der Waals surface area contributed by atoms with E-state index in [4.69, 9.17) is 0 Å². The van der Waals surface area contributed by atoms with Crippen molar-refractivity contribution in [1.82, 2.24) is 0 Å². The molecule has 0 radical (unpaired) electrons. The fourth-order valence-corrected chi connectivity index (χ4v) is 1.71. The fraction of sp³-hybridized carbons (Fsp3) is 0.412. The molecular formula is C17H25NO. The molecule has 0 aromatic heterocycles. The van der Waals surface area contributed by atoms with E-state index < -0.39 is 5.91 Å². The van der Waals surface area contributed by atoms with Crippen LogP contribution in [0.1, 0.15) is 45.4 Å². The molecule has 0 aliphatic carbocycles. The number of carbonyl (C=O) groups is 1. The molecule has 0 aromatic rings. The summed E-state index contributed by atoms with van der Waals surface area (Å²) in [5, 5.41) is 0. The highest BCUT2D eigenvalue weighted by atomic mass is 16.1. The Kier molecular flexibility index (Phi) is 8.43. The van der Waals surface area contributed by atoms with Gasteiger partial charge in [-0.3, -0.25) is 4.79 Å². The molecule has 0 saturated heterocycles. The highest BCUT2D eigenvalue weighted by Gasteiger charge is 2.13. The second-order valence-electron chi connectivity index (χ2n) is 4.67. The van der Waals surface area contributed by atoms with Crippen molar-refractivity contribution in [2.24, 2.45) is 4.99 Å². The Morgan fingerprint density at radius 3 is 2.00 bits per heavy atom. The van der Waals surface area contributed by atoms with Crippen LogP contribution in [0.5, 0.6) is 0 Å². The summed E-state index contributed by atoms with van der Waals surface area (Å²) in [6.07, 6.45) is 6.93. The molecule has 0 atom stereocenters. The Morgan fingerprint density at radius 2 is 1.47 bits per heavy atom. The number of allylic oxidation sites excluding steroid dienone is 2. The summed E-state index contributed by atoms with van der Waals surface area (Å²) in [5.41, 5.74) is 2.36. The van der Waals surface area contributed by atoms with Gasteiger partial charge >= 0.3 is 0 Å². The summed E-state index contributed by atoms with van der Waals surface area (Å²) < 4.78 is 0. The third-order valence-electron chi connectivity index (χ3n) is 3.14. The van der Waals surface area contributed by atoms with E-state index in [1.54, 1.807) is 0 Å². The largest absolute Gasteiger partial charge is 0.276 e. The van der Waals surface area contributed by atoms with Gasteiger partial charge < -0.3 is 0 Å². The normalized spacial score (nSPS) is 9.74. The molecule has 0 spiro atoms. The molecule has 0 fully saturated rings. The predicted octanol–water partition coefficient (Wildman–Crippen LogP) is 4.80. The number of amides is 1. The van der Waals surface area contributed by atoms with Gasteiger partial charge in [-0.2, -0.15) is 0 Å². The molecule has 2 heteroatoms. The van der Waals surface area contributed by atoms with E-state index in [0.717, 1.165) is 18.4 Å². The average molecular weight is 259 g/mol. The van der Waals surface area contributed by atoms with E-state index in [-0.39, 0.29) is 5.57 Å². The summed E-state index contributed by atoms with van der Waals surface area (Å²) in [6.45, 7) is 20.8. The second kappa shape index (κ2) is 9.26. The Bertz CT molecular complexity index is 401. The number of hydrogen-bond donors (Lipinski definition) is 0. The van der Waals surface area contributed by atoms with Gasteiger partial charge in [-0.15, -0.1) is 0 Å². The first-order chi connectivity index (χ1) is 8.95. The molecular weight excluding hydrogens is 234 g/mol. The lowest BCUT2D eigenvalue weighted by molar-refractivity contribution is -0.114. The van der Waals surface area contributed by atoms with Gasteiger partial charge in [0.1, 0.15) is 0 Å². The van der Waals surface area contributed by atoms with Crippen molar-refractivity contribution in [3.05, 3.63) is 48.6 Å². The lowest BCUT2D eigenvalue weighted by Gasteiger charge is -2.12. The van der Waals surface area contributed by atoms with E-state index >= 15 is 0 Å². The van der Waals surface area contributed by atoms with Crippen molar-refractivity contribution in [1.29, 1.82) is 0 Å². The maximum atomic E-state index is 11.4. The molecule has 2 nitrogen and oxygen atoms in total. The minimum Gasteiger partial charge on any atom is -0.267 e. The maximum Gasteiger partial charge on any atom is 0.276 e. The summed E-state index contributed by atoms with van der Waals surface area (Å²) in [6, 6.07) is 0. The third-order valence-corrected chi connectivity index (χ3v) is 3.14. The number of nitrogens with zero attached hydrogens (tertiary/aromatic N) is 1. The van der Waals surface area contributed by atoms with Crippen LogP contribution in [0.4, 0.5) is 0 Å². The van der Waals surface area contributed by atoms with E-state index in [0.29, 0.717) is 11.1 Å². The van der Waals surface area contributed by atoms with Crippen molar-refractivity contribution >= 4 is 12.6 Å². The van der Waals surface area contributed by atoms with Gasteiger partial charge in [0.05, 0.1) is 0 Å². The first-order valence-corrected chi connectivity index (χ1v) is 6.72. The van der Waals surface area contributed by atoms with E-state index in [1.165, 1.54) is 25.7 Å². The minimum absolute atomic E-state index is 0.243. The molecule has 0 aliphatic rings. The molecule has 0 heterocycles. The molecule has 0 aliphatic heterocycles. The van der Waals surface area contributed by atoms with Gasteiger partial charge in [0.15, 0.2) is 0 Å². The number of unbranched alkanes of at least 4 members (excludes halogenated alkanes) is 4. The summed E-state index contributed by atoms with van der Waals surface area (Å²) in [5.74, 6) is -0.457. The lowest BCUT2D eigenvalue weighted by atomic mass is 9.93. The molecule has 0 saturated carbocycles. The summed E-state index contributed by atoms with van der Waals surface area (Å²) in [4.78, 5) is 14.7. The Hall–Kier alpha value is -1.70. The van der Waals surface area contributed by atoms with Crippen LogP contribution in [-0.2, 0) is 4.79 Å². The van der Waals surface area contributed by atoms with Crippen LogP contribution in [0.25, 0.3) is 0 Å². The van der Waals surface area contributed by atoms with Gasteiger partial charge in [0, 0.05) is 5.57 Å². The molecule has 0 aromatic carbocycles. The quantitative estimate of drug-likeness (QED) is 0.240. The van der Waals surface area contributed by atoms with Crippen molar-refractivity contribution in [2.45, 2.75) is 45.4 Å². The smallest absolute Gasteiger partial charge is 0.267 e. The molecule has 0 unspecified atom stereocenters. The SMILES string of the molecule is C=NC(=O)C(=C)C(=C)C(=C)C(=C)CCCCCCC. The van der Waals surface area contributed by atoms with Crippen molar-refractivity contribution < 1.29 is 4.79 Å². The van der Waals surface area contributed by atoms with E-state index in [2.05, 4.69) is 44.9 Å². The van der Waals surface area contributed by atoms with Crippen LogP contribution in [0.2, 0.25) is 0 Å². The van der Waals surface area contributed by atoms with Gasteiger partial charge in [0.25, 0.3) is 5.91 Å². The number of aliphatic imine (C=N–C) groups is 1. The van der Waals surface area contributed by atoms with Gasteiger partial charge in [0.2, 0.25) is 0 Å². The Morgan fingerprint density at radius 1 is 0.895 bits per heavy atom. The second-order valence-corrected chi connectivity index (χ2v) is 4.67. The summed E-state index contributed by atoms with van der Waals surface area (Å²) in [7, 11) is 0. The zero-order valence-electron chi connectivity index (χ0n) is 12.1. The highest BCUT2D eigenvalue weighted by Crippen LogP contribution is 2.25. The molecule has 1 amide bonds. The predicted molar refractivity (Wildman–Crippen MR) is 84.5 cm³/mol. The maximum absolute atomic E-state index is 11.4. The minimum atomic E-state index is -0.457. The zero-order valence-corrected chi connectivity index (χ0v) is 12.1. The highest BCUT2D eigenvalue weighted by molar-refractivity contribution is 6.00. The van der Waals surface area contributed by atoms with Crippen molar-refractivity contribution in [2.75, 3.05) is 0 Å². The molecule has 0 bridgehead atoms. The van der Waals surface area contributed by atoms with Crippen LogP contribution in [0.15, 0.2) is 53.6 Å². The molecule has 19 heavy (non-hydrogen) atoms. The molecule has 104 valence electrons. The Labute approximate surface area is 117 Å². The lowest BCUT2D eigenvalue weighted by Crippen LogP contribution is -2.02. The third kappa shape index (κ3) is 6.14. The van der Waals surface area contributed by atoms with Crippen LogP contribution < -0.4 is 0 Å². The average Bonchev–Trinajstić information content (AvgIpc) is 2.43. The van der Waals surface area contributed by atoms with Crippen molar-refractivity contribution in [3.63, 3.8) is 0 Å². The van der Waals surface area contributed by atoms with Crippen LogP contribution >= 0.6 is 0 Å². The molecule has 0 rings (SSSR count). The van der Waals surface area contributed by atoms with Crippen LogP contribution in [0.3, 0.4) is 0 Å². The topological polar surface area (TPSA) is 29.4 Å². The number of rotatable bonds is 10. The van der Waals surface area contributed by atoms with Gasteiger partial charge in [-0.25, -0.2) is 4.99 Å². The number of hydrogen-bond acceptors (Lipinski definition) is 1. The first kappa shape index (κ1) is 17.3. The van der Waals surface area contributed by atoms with Crippen LogP contribution in [0, 0.1) is 0 Å². The van der Waals surface area contributed by atoms with Gasteiger partial charge in [-0.1, -0.05) is 58.9 Å². The fourth-order valence-electron chi connectivity index (χ4n) is 1.71. The first-order valence-electron chi connectivity index (χ1n) is 6.72. The number of carbonyl (C=O) groups excluding carboxylic acids is 1. The van der Waals surface area contributed by atoms with Gasteiger partial charge in [-0.05, 0) is 36.3 Å². The van der Waals surface area contributed by atoms with E-state index in [1.807, 2.05) is 0 Å². The zero-order chi connectivity index (χ0) is 14.8. The standard InChI is InChI=1S/C17H25NO/c1-7-8-9-10-11-12-13(2)14(3)15(4)16(5)17(19)18-6/h2-12H2,1H3. The molecule has 0 N–H and O–H groups in total. The van der Waals surface area contributed by atoms with E-state index in [9.17, 15) is 4.79 Å².